The first kappa shape index (κ1) is 17.7. The molecular formula is C19H30O2. The van der Waals surface area contributed by atoms with E-state index >= 15 is 0 Å². The molecule has 1 aromatic rings. The highest BCUT2D eigenvalue weighted by Gasteiger charge is 2.10. The van der Waals surface area contributed by atoms with Gasteiger partial charge in [-0.15, -0.1) is 0 Å². The van der Waals surface area contributed by atoms with E-state index in [1.54, 1.807) is 0 Å². The Bertz CT molecular complexity index is 420. The zero-order chi connectivity index (χ0) is 15.8. The van der Waals surface area contributed by atoms with E-state index in [1.807, 2.05) is 6.92 Å². The number of aliphatic carboxylic acids is 1. The second-order valence-electron chi connectivity index (χ2n) is 6.87. The molecule has 0 spiro atoms. The molecule has 0 bridgehead atoms. The van der Waals surface area contributed by atoms with Crippen LogP contribution in [0.2, 0.25) is 0 Å². The molecule has 21 heavy (non-hydrogen) atoms. The van der Waals surface area contributed by atoms with Gasteiger partial charge >= 0.3 is 5.97 Å². The summed E-state index contributed by atoms with van der Waals surface area (Å²) in [5.41, 5.74) is 2.48. The molecule has 0 aromatic heterocycles. The fraction of sp³-hybridized carbons (Fsp3) is 0.632. The largest absolute Gasteiger partial charge is 0.481 e. The predicted octanol–water partition coefficient (Wildman–Crippen LogP) is 5.27. The summed E-state index contributed by atoms with van der Waals surface area (Å²) in [7, 11) is 0. The standard InChI is InChI=1S/C19H30O2/c1-14(2)6-5-7-15(3)12-17-8-10-18(11-9-17)16(4)13-19(20)21/h8-11,14-16H,5-7,12-13H2,1-4H3,(H,20,21). The number of benzene rings is 1. The first-order valence-corrected chi connectivity index (χ1v) is 8.19. The highest BCUT2D eigenvalue weighted by Crippen LogP contribution is 2.21. The average Bonchev–Trinajstić information content (AvgIpc) is 2.38. The van der Waals surface area contributed by atoms with Crippen LogP contribution < -0.4 is 0 Å². The molecule has 118 valence electrons. The lowest BCUT2D eigenvalue weighted by Gasteiger charge is -2.14. The zero-order valence-electron chi connectivity index (χ0n) is 13.9. The van der Waals surface area contributed by atoms with Crippen LogP contribution in [0, 0.1) is 11.8 Å². The number of hydrogen-bond donors (Lipinski definition) is 1. The normalized spacial score (nSPS) is 14.1. The molecule has 0 heterocycles. The van der Waals surface area contributed by atoms with E-state index < -0.39 is 5.97 Å². The molecule has 2 atom stereocenters. The van der Waals surface area contributed by atoms with Crippen LogP contribution in [0.4, 0.5) is 0 Å². The minimum absolute atomic E-state index is 0.0833. The van der Waals surface area contributed by atoms with E-state index in [2.05, 4.69) is 45.0 Å². The summed E-state index contributed by atoms with van der Waals surface area (Å²) in [5, 5.41) is 8.84. The minimum atomic E-state index is -0.731. The van der Waals surface area contributed by atoms with Crippen molar-refractivity contribution in [2.75, 3.05) is 0 Å². The van der Waals surface area contributed by atoms with Crippen molar-refractivity contribution in [2.45, 2.75) is 65.7 Å². The Hall–Kier alpha value is -1.31. The Morgan fingerprint density at radius 2 is 1.67 bits per heavy atom. The second-order valence-corrected chi connectivity index (χ2v) is 6.87. The molecule has 0 fully saturated rings. The average molecular weight is 290 g/mol. The molecule has 1 rings (SSSR count). The number of carbonyl (C=O) groups is 1. The molecule has 0 aliphatic heterocycles. The molecule has 0 radical (unpaired) electrons. The van der Waals surface area contributed by atoms with Crippen molar-refractivity contribution in [2.24, 2.45) is 11.8 Å². The SMILES string of the molecule is CC(C)CCCC(C)Cc1ccc(C(C)CC(=O)O)cc1. The van der Waals surface area contributed by atoms with E-state index in [0.29, 0.717) is 5.92 Å². The summed E-state index contributed by atoms with van der Waals surface area (Å²) in [4.78, 5) is 10.7. The quantitative estimate of drug-likeness (QED) is 0.672. The van der Waals surface area contributed by atoms with Crippen LogP contribution in [0.1, 0.15) is 70.4 Å². The van der Waals surface area contributed by atoms with Crippen molar-refractivity contribution in [3.63, 3.8) is 0 Å². The van der Waals surface area contributed by atoms with Gasteiger partial charge in [-0.25, -0.2) is 0 Å². The van der Waals surface area contributed by atoms with E-state index in [9.17, 15) is 4.79 Å². The highest BCUT2D eigenvalue weighted by atomic mass is 16.4. The van der Waals surface area contributed by atoms with E-state index in [-0.39, 0.29) is 12.3 Å². The lowest BCUT2D eigenvalue weighted by molar-refractivity contribution is -0.137. The fourth-order valence-electron chi connectivity index (χ4n) is 2.74. The predicted molar refractivity (Wildman–Crippen MR) is 88.7 cm³/mol. The molecular weight excluding hydrogens is 260 g/mol. The van der Waals surface area contributed by atoms with Crippen molar-refractivity contribution in [1.82, 2.24) is 0 Å². The Labute approximate surface area is 129 Å². The van der Waals surface area contributed by atoms with Gasteiger partial charge in [0.1, 0.15) is 0 Å². The van der Waals surface area contributed by atoms with Crippen LogP contribution in [-0.2, 0) is 11.2 Å². The molecule has 0 aliphatic rings. The van der Waals surface area contributed by atoms with Gasteiger partial charge in [0.2, 0.25) is 0 Å². The Balaban J connectivity index is 2.45. The van der Waals surface area contributed by atoms with Crippen molar-refractivity contribution in [3.05, 3.63) is 35.4 Å². The highest BCUT2D eigenvalue weighted by molar-refractivity contribution is 5.67. The van der Waals surface area contributed by atoms with Crippen LogP contribution in [0.15, 0.2) is 24.3 Å². The summed E-state index contributed by atoms with van der Waals surface area (Å²) in [6.07, 6.45) is 5.23. The Morgan fingerprint density at radius 1 is 1.05 bits per heavy atom. The van der Waals surface area contributed by atoms with Crippen LogP contribution in [-0.4, -0.2) is 11.1 Å². The van der Waals surface area contributed by atoms with E-state index in [4.69, 9.17) is 5.11 Å². The van der Waals surface area contributed by atoms with E-state index in [1.165, 1.54) is 24.8 Å². The third-order valence-electron chi connectivity index (χ3n) is 4.09. The van der Waals surface area contributed by atoms with Gasteiger partial charge in [0.15, 0.2) is 0 Å². The molecule has 0 amide bonds. The third kappa shape index (κ3) is 7.31. The fourth-order valence-corrected chi connectivity index (χ4v) is 2.74. The van der Waals surface area contributed by atoms with Gasteiger partial charge in [-0.2, -0.15) is 0 Å². The lowest BCUT2D eigenvalue weighted by atomic mass is 9.92. The monoisotopic (exact) mass is 290 g/mol. The van der Waals surface area contributed by atoms with Gasteiger partial charge in [-0.05, 0) is 35.3 Å². The maximum absolute atomic E-state index is 10.7. The molecule has 1 aromatic carbocycles. The van der Waals surface area contributed by atoms with Crippen molar-refractivity contribution < 1.29 is 9.90 Å². The molecule has 2 nitrogen and oxygen atoms in total. The zero-order valence-corrected chi connectivity index (χ0v) is 13.9. The summed E-state index contributed by atoms with van der Waals surface area (Å²) >= 11 is 0. The molecule has 0 aliphatic carbocycles. The molecule has 0 saturated heterocycles. The van der Waals surface area contributed by atoms with Gasteiger partial charge < -0.3 is 5.11 Å². The summed E-state index contributed by atoms with van der Waals surface area (Å²) < 4.78 is 0. The van der Waals surface area contributed by atoms with Crippen LogP contribution in [0.3, 0.4) is 0 Å². The Morgan fingerprint density at radius 3 is 2.19 bits per heavy atom. The van der Waals surface area contributed by atoms with Crippen molar-refractivity contribution >= 4 is 5.97 Å². The topological polar surface area (TPSA) is 37.3 Å². The van der Waals surface area contributed by atoms with Gasteiger partial charge in [0.05, 0.1) is 6.42 Å². The van der Waals surface area contributed by atoms with Crippen molar-refractivity contribution in [1.29, 1.82) is 0 Å². The van der Waals surface area contributed by atoms with Crippen LogP contribution in [0.25, 0.3) is 0 Å². The smallest absolute Gasteiger partial charge is 0.303 e. The third-order valence-corrected chi connectivity index (χ3v) is 4.09. The van der Waals surface area contributed by atoms with Gasteiger partial charge in [0, 0.05) is 0 Å². The van der Waals surface area contributed by atoms with Crippen LogP contribution in [0.5, 0.6) is 0 Å². The minimum Gasteiger partial charge on any atom is -0.481 e. The summed E-state index contributed by atoms with van der Waals surface area (Å²) in [6.45, 7) is 8.85. The Kier molecular flexibility index (Phi) is 7.49. The number of carboxylic acid groups (broad SMARTS) is 1. The maximum atomic E-state index is 10.7. The van der Waals surface area contributed by atoms with Crippen LogP contribution >= 0.6 is 0 Å². The molecule has 1 N–H and O–H groups in total. The number of carboxylic acids is 1. The maximum Gasteiger partial charge on any atom is 0.303 e. The van der Waals surface area contributed by atoms with E-state index in [0.717, 1.165) is 17.9 Å². The van der Waals surface area contributed by atoms with Gasteiger partial charge in [-0.3, -0.25) is 4.79 Å². The molecule has 2 unspecified atom stereocenters. The lowest BCUT2D eigenvalue weighted by Crippen LogP contribution is -2.04. The molecule has 2 heteroatoms. The summed E-state index contributed by atoms with van der Waals surface area (Å²) in [6, 6.07) is 8.49. The first-order chi connectivity index (χ1) is 9.88. The van der Waals surface area contributed by atoms with Crippen molar-refractivity contribution in [3.8, 4) is 0 Å². The number of hydrogen-bond acceptors (Lipinski definition) is 1. The first-order valence-electron chi connectivity index (χ1n) is 8.19. The summed E-state index contributed by atoms with van der Waals surface area (Å²) in [5.74, 6) is 0.864. The second kappa shape index (κ2) is 8.86. The van der Waals surface area contributed by atoms with Gasteiger partial charge in [0.25, 0.3) is 0 Å². The van der Waals surface area contributed by atoms with Gasteiger partial charge in [-0.1, -0.05) is 71.2 Å². The number of rotatable bonds is 9. The molecule has 0 saturated carbocycles.